The second-order valence-corrected chi connectivity index (χ2v) is 8.22. The molecule has 0 rings (SSSR count). The minimum absolute atomic E-state index is 0.0802. The Balaban J connectivity index is 4.62. The highest BCUT2D eigenvalue weighted by Crippen LogP contribution is 2.17. The second-order valence-electron chi connectivity index (χ2n) is 8.22. The fourth-order valence-corrected chi connectivity index (χ4v) is 2.63. The minimum Gasteiger partial charge on any atom is -0.478 e. The van der Waals surface area contributed by atoms with Crippen LogP contribution in [-0.2, 0) is 28.8 Å². The van der Waals surface area contributed by atoms with E-state index in [0.717, 1.165) is 0 Å². The lowest BCUT2D eigenvalue weighted by atomic mass is 9.99. The molecule has 0 bridgehead atoms. The monoisotopic (exact) mass is 484 g/mol. The Labute approximate surface area is 198 Å². The van der Waals surface area contributed by atoms with Crippen LogP contribution in [0.3, 0.4) is 0 Å². The Bertz CT molecular complexity index is 726. The third kappa shape index (κ3) is 13.2. The van der Waals surface area contributed by atoms with Crippen molar-refractivity contribution in [3.8, 4) is 0 Å². The van der Waals surface area contributed by atoms with Gasteiger partial charge < -0.3 is 31.5 Å². The fraction of sp³-hybridized carbons (Fsp3) is 0.636. The Morgan fingerprint density at radius 3 is 1.18 bits per heavy atom. The summed E-state index contributed by atoms with van der Waals surface area (Å²) < 4.78 is 0. The normalized spacial score (nSPS) is 11.5. The van der Waals surface area contributed by atoms with Gasteiger partial charge in [0.1, 0.15) is 0 Å². The summed E-state index contributed by atoms with van der Waals surface area (Å²) in [5.41, 5.74) is -0.546. The van der Waals surface area contributed by atoms with Gasteiger partial charge >= 0.3 is 11.9 Å². The predicted molar refractivity (Wildman–Crippen MR) is 122 cm³/mol. The van der Waals surface area contributed by atoms with Gasteiger partial charge in [-0.25, -0.2) is 9.59 Å². The van der Waals surface area contributed by atoms with Gasteiger partial charge in [0, 0.05) is 36.1 Å². The van der Waals surface area contributed by atoms with E-state index in [0.29, 0.717) is 0 Å². The largest absolute Gasteiger partial charge is 0.478 e. The molecule has 0 unspecified atom stereocenters. The van der Waals surface area contributed by atoms with Gasteiger partial charge in [0.05, 0.1) is 13.1 Å². The maximum atomic E-state index is 11.7. The molecule has 12 nitrogen and oxygen atoms in total. The van der Waals surface area contributed by atoms with Crippen molar-refractivity contribution in [2.45, 2.75) is 53.4 Å². The first-order chi connectivity index (χ1) is 15.9. The molecule has 0 saturated carbocycles. The summed E-state index contributed by atoms with van der Waals surface area (Å²) in [4.78, 5) is 69.6. The zero-order chi connectivity index (χ0) is 26.3. The van der Waals surface area contributed by atoms with E-state index < -0.39 is 23.8 Å². The van der Waals surface area contributed by atoms with E-state index in [1.54, 1.807) is 27.7 Å². The highest BCUT2D eigenvalue weighted by molar-refractivity contribution is 5.98. The number of amides is 4. The molecule has 0 aliphatic rings. The molecule has 4 amide bonds. The van der Waals surface area contributed by atoms with Crippen molar-refractivity contribution in [2.24, 2.45) is 11.8 Å². The van der Waals surface area contributed by atoms with Crippen LogP contribution in [0, 0.1) is 11.8 Å². The number of carbonyl (C=O) groups excluding carboxylic acids is 4. The highest BCUT2D eigenvalue weighted by Gasteiger charge is 2.20. The topological polar surface area (TPSA) is 191 Å². The molecule has 6 N–H and O–H groups in total. The second kappa shape index (κ2) is 16.2. The Morgan fingerprint density at radius 2 is 0.912 bits per heavy atom. The molecule has 0 aromatic rings. The molecule has 0 aliphatic carbocycles. The summed E-state index contributed by atoms with van der Waals surface area (Å²) in [5, 5.41) is 28.9. The van der Waals surface area contributed by atoms with Gasteiger partial charge in [-0.05, 0) is 25.7 Å². The van der Waals surface area contributed by atoms with E-state index in [-0.39, 0.29) is 86.7 Å². The summed E-state index contributed by atoms with van der Waals surface area (Å²) >= 11 is 0. The number of carboxylic acid groups (broad SMARTS) is 2. The number of aliphatic carboxylic acids is 2. The van der Waals surface area contributed by atoms with Crippen LogP contribution in [0.1, 0.15) is 53.4 Å². The first kappa shape index (κ1) is 30.6. The van der Waals surface area contributed by atoms with Crippen molar-refractivity contribution in [3.63, 3.8) is 0 Å². The standard InChI is InChI=1S/C22H36N4O8/c1-13(2)19(29)25-11-17(27)23-9-5-7-15(21(31)32)16(22(33)34)8-6-10-24-18(28)12-26-20(30)14(3)4/h13-14H,5-12H2,1-4H3,(H,23,27)(H,24,28)(H,25,29)(H,26,30)(H,31,32)(H,33,34)/b16-15+. The average Bonchev–Trinajstić information content (AvgIpc) is 2.75. The van der Waals surface area contributed by atoms with Crippen LogP contribution in [-0.4, -0.2) is 72.0 Å². The first-order valence-corrected chi connectivity index (χ1v) is 11.1. The number of carbonyl (C=O) groups is 6. The first-order valence-electron chi connectivity index (χ1n) is 11.1. The van der Waals surface area contributed by atoms with E-state index in [2.05, 4.69) is 21.3 Å². The van der Waals surface area contributed by atoms with Crippen molar-refractivity contribution >= 4 is 35.6 Å². The smallest absolute Gasteiger partial charge is 0.332 e. The van der Waals surface area contributed by atoms with Crippen LogP contribution >= 0.6 is 0 Å². The molecular formula is C22H36N4O8. The SMILES string of the molecule is CC(C)C(=O)NCC(=O)NCCC/C(C(=O)O)=C(/CCCNC(=O)CNC(=O)C(C)C)C(=O)O. The Morgan fingerprint density at radius 1 is 0.588 bits per heavy atom. The number of hydrogen-bond donors (Lipinski definition) is 6. The quantitative estimate of drug-likeness (QED) is 0.128. The van der Waals surface area contributed by atoms with Gasteiger partial charge in [-0.2, -0.15) is 0 Å². The molecule has 0 radical (unpaired) electrons. The third-order valence-electron chi connectivity index (χ3n) is 4.63. The van der Waals surface area contributed by atoms with Crippen LogP contribution in [0.4, 0.5) is 0 Å². The zero-order valence-electron chi connectivity index (χ0n) is 20.2. The van der Waals surface area contributed by atoms with Crippen LogP contribution in [0.15, 0.2) is 11.1 Å². The molecule has 0 spiro atoms. The van der Waals surface area contributed by atoms with Crippen LogP contribution in [0.2, 0.25) is 0 Å². The van der Waals surface area contributed by atoms with Crippen molar-refractivity contribution in [3.05, 3.63) is 11.1 Å². The lowest BCUT2D eigenvalue weighted by molar-refractivity contribution is -0.136. The molecule has 0 saturated heterocycles. The molecular weight excluding hydrogens is 448 g/mol. The summed E-state index contributed by atoms with van der Waals surface area (Å²) in [7, 11) is 0. The molecule has 192 valence electrons. The zero-order valence-corrected chi connectivity index (χ0v) is 20.2. The lowest BCUT2D eigenvalue weighted by Crippen LogP contribution is -2.39. The predicted octanol–water partition coefficient (Wildman–Crippen LogP) is -0.211. The molecule has 0 aromatic carbocycles. The summed E-state index contributed by atoms with van der Waals surface area (Å²) in [6, 6.07) is 0. The Kier molecular flexibility index (Phi) is 14.6. The minimum atomic E-state index is -1.37. The van der Waals surface area contributed by atoms with Gasteiger partial charge in [0.2, 0.25) is 23.6 Å². The van der Waals surface area contributed by atoms with Crippen molar-refractivity contribution in [1.82, 2.24) is 21.3 Å². The summed E-state index contributed by atoms with van der Waals surface area (Å²) in [6.45, 7) is 6.57. The van der Waals surface area contributed by atoms with Crippen molar-refractivity contribution in [1.29, 1.82) is 0 Å². The van der Waals surface area contributed by atoms with Crippen molar-refractivity contribution in [2.75, 3.05) is 26.2 Å². The maximum Gasteiger partial charge on any atom is 0.332 e. The Hall–Kier alpha value is -3.44. The molecule has 0 fully saturated rings. The van der Waals surface area contributed by atoms with Gasteiger partial charge in [0.15, 0.2) is 0 Å². The lowest BCUT2D eigenvalue weighted by Gasteiger charge is -2.11. The molecule has 0 aromatic heterocycles. The number of rotatable bonds is 16. The molecule has 34 heavy (non-hydrogen) atoms. The van der Waals surface area contributed by atoms with Gasteiger partial charge in [-0.15, -0.1) is 0 Å². The summed E-state index contributed by atoms with van der Waals surface area (Å²) in [6.07, 6.45) is 0.218. The van der Waals surface area contributed by atoms with Gasteiger partial charge in [-0.3, -0.25) is 19.2 Å². The van der Waals surface area contributed by atoms with Gasteiger partial charge in [0.25, 0.3) is 0 Å². The van der Waals surface area contributed by atoms with E-state index in [1.807, 2.05) is 0 Å². The van der Waals surface area contributed by atoms with Gasteiger partial charge in [-0.1, -0.05) is 27.7 Å². The maximum absolute atomic E-state index is 11.7. The number of nitrogens with one attached hydrogen (secondary N) is 4. The van der Waals surface area contributed by atoms with Crippen LogP contribution in [0.25, 0.3) is 0 Å². The third-order valence-corrected chi connectivity index (χ3v) is 4.63. The van der Waals surface area contributed by atoms with Crippen molar-refractivity contribution < 1.29 is 39.0 Å². The average molecular weight is 485 g/mol. The van der Waals surface area contributed by atoms with E-state index >= 15 is 0 Å². The number of hydrogen-bond acceptors (Lipinski definition) is 6. The molecule has 0 aliphatic heterocycles. The summed E-state index contributed by atoms with van der Waals surface area (Å²) in [5.74, 6) is -4.67. The molecule has 0 atom stereocenters. The number of carboxylic acids is 2. The highest BCUT2D eigenvalue weighted by atomic mass is 16.4. The van der Waals surface area contributed by atoms with E-state index in [1.165, 1.54) is 0 Å². The van der Waals surface area contributed by atoms with Crippen LogP contribution < -0.4 is 21.3 Å². The van der Waals surface area contributed by atoms with E-state index in [9.17, 15) is 39.0 Å². The fourth-order valence-electron chi connectivity index (χ4n) is 2.63. The molecule has 12 heteroatoms. The molecule has 0 heterocycles. The van der Waals surface area contributed by atoms with E-state index in [4.69, 9.17) is 0 Å². The van der Waals surface area contributed by atoms with Crippen LogP contribution in [0.5, 0.6) is 0 Å².